The first-order valence-corrected chi connectivity index (χ1v) is 11.6. The van der Waals surface area contributed by atoms with Gasteiger partial charge in [0.15, 0.2) is 5.76 Å². The van der Waals surface area contributed by atoms with E-state index in [-0.39, 0.29) is 41.3 Å². The first kappa shape index (κ1) is 25.1. The Morgan fingerprint density at radius 1 is 1.33 bits per heavy atom. The molecule has 1 saturated heterocycles. The molecule has 3 heterocycles. The van der Waals surface area contributed by atoms with Gasteiger partial charge in [-0.1, -0.05) is 5.16 Å². The Morgan fingerprint density at radius 2 is 2.08 bits per heavy atom. The van der Waals surface area contributed by atoms with Crippen molar-refractivity contribution in [2.75, 3.05) is 12.4 Å². The molecule has 36 heavy (non-hydrogen) atoms. The van der Waals surface area contributed by atoms with E-state index < -0.39 is 53.4 Å². The maximum Gasteiger partial charge on any atom is 0.404 e. The number of ether oxygens (including phenoxy) is 1. The molecule has 16 heteroatoms. The Hall–Kier alpha value is -4.05. The number of hydrogen-bond acceptors (Lipinski definition) is 11. The third-order valence-electron chi connectivity index (χ3n) is 5.88. The molecule has 0 unspecified atom stereocenters. The number of furan rings is 1. The molecule has 192 valence electrons. The van der Waals surface area contributed by atoms with Gasteiger partial charge in [0.05, 0.1) is 6.26 Å². The number of hydroxylamine groups is 1. The number of carboxylic acid groups (broad SMARTS) is 1. The second-order valence-corrected chi connectivity index (χ2v) is 9.13. The number of rotatable bonds is 9. The number of carbonyl (C=O) groups excluding carboxylic acids is 4. The molecule has 1 aromatic rings. The van der Waals surface area contributed by atoms with Crippen LogP contribution in [-0.4, -0.2) is 80.1 Å². The number of thioether (sulfide) groups is 1. The summed E-state index contributed by atoms with van der Waals surface area (Å²) in [4.78, 5) is 67.0. The Labute approximate surface area is 206 Å². The monoisotopic (exact) mass is 523 g/mol. The third kappa shape index (κ3) is 4.47. The summed E-state index contributed by atoms with van der Waals surface area (Å²) in [5.41, 5.74) is 4.48. The number of aliphatic carboxylic acids is 1. The molecule has 0 bridgehead atoms. The van der Waals surface area contributed by atoms with Crippen LogP contribution in [0.1, 0.15) is 25.0 Å². The van der Waals surface area contributed by atoms with E-state index in [0.29, 0.717) is 6.42 Å². The molecule has 0 radical (unpaired) electrons. The number of hydrogen-bond donors (Lipinski definition) is 5. The minimum atomic E-state index is -1.44. The number of fused-ring (bicyclic) bond motifs is 1. The van der Waals surface area contributed by atoms with E-state index in [1.54, 1.807) is 0 Å². The zero-order valence-electron chi connectivity index (χ0n) is 18.5. The number of β-lactam (4-membered cyclic amide) rings is 1. The van der Waals surface area contributed by atoms with Gasteiger partial charge < -0.3 is 30.1 Å². The van der Waals surface area contributed by atoms with Crippen molar-refractivity contribution in [2.45, 2.75) is 36.3 Å². The van der Waals surface area contributed by atoms with Gasteiger partial charge in [-0.05, 0) is 31.4 Å². The van der Waals surface area contributed by atoms with E-state index in [4.69, 9.17) is 20.2 Å². The Morgan fingerprint density at radius 3 is 2.64 bits per heavy atom. The standard InChI is InChI=1S/C20H21N5O10S/c21-19(31)34-7-9-8-36-16-12(15(27)25(16)13(9)17(28)29)22-14(26)11(10-3-1-6-33-10)24-35-20(4-2-5-20)18(30)23-32/h1,3,6,12,16,32H,2,4-5,7-8H2,(H2,21,31)(H,22,26)(H,23,30)(H,28,29)/t12-,16-/m1/s1. The predicted octanol–water partition coefficient (Wildman–Crippen LogP) is -0.738. The summed E-state index contributed by atoms with van der Waals surface area (Å²) in [5, 5.41) is 24.2. The van der Waals surface area contributed by atoms with Crippen molar-refractivity contribution in [1.82, 2.24) is 15.7 Å². The lowest BCUT2D eigenvalue weighted by Gasteiger charge is -2.49. The fraction of sp³-hybridized carbons (Fsp3) is 0.400. The molecular weight excluding hydrogens is 502 g/mol. The highest BCUT2D eigenvalue weighted by molar-refractivity contribution is 8.00. The van der Waals surface area contributed by atoms with Crippen molar-refractivity contribution >= 4 is 47.3 Å². The van der Waals surface area contributed by atoms with E-state index in [9.17, 15) is 29.1 Å². The summed E-state index contributed by atoms with van der Waals surface area (Å²) in [6.07, 6.45) is 1.35. The van der Waals surface area contributed by atoms with Crippen molar-refractivity contribution in [2.24, 2.45) is 10.9 Å². The normalized spacial score (nSPS) is 22.5. The van der Waals surface area contributed by atoms with E-state index in [2.05, 4.69) is 15.2 Å². The minimum Gasteiger partial charge on any atom is -0.477 e. The zero-order valence-corrected chi connectivity index (χ0v) is 19.3. The quantitative estimate of drug-likeness (QED) is 0.117. The summed E-state index contributed by atoms with van der Waals surface area (Å²) < 4.78 is 9.91. The van der Waals surface area contributed by atoms with Crippen molar-refractivity contribution in [3.8, 4) is 0 Å². The average molecular weight is 523 g/mol. The second-order valence-electron chi connectivity index (χ2n) is 8.02. The van der Waals surface area contributed by atoms with Gasteiger partial charge in [-0.25, -0.2) is 15.1 Å². The van der Waals surface area contributed by atoms with Gasteiger partial charge in [0, 0.05) is 11.3 Å². The van der Waals surface area contributed by atoms with E-state index in [1.165, 1.54) is 23.9 Å². The molecule has 2 fully saturated rings. The highest BCUT2D eigenvalue weighted by Gasteiger charge is 2.55. The molecule has 3 aliphatic rings. The fourth-order valence-electron chi connectivity index (χ4n) is 3.87. The molecule has 2 atom stereocenters. The summed E-state index contributed by atoms with van der Waals surface area (Å²) in [6, 6.07) is 1.81. The van der Waals surface area contributed by atoms with Gasteiger partial charge in [0.1, 0.15) is 23.7 Å². The molecular formula is C20H21N5O10S. The smallest absolute Gasteiger partial charge is 0.404 e. The number of oxime groups is 1. The molecule has 0 aromatic carbocycles. The number of nitrogens with zero attached hydrogens (tertiary/aromatic N) is 2. The summed E-state index contributed by atoms with van der Waals surface area (Å²) in [5.74, 6) is -3.69. The van der Waals surface area contributed by atoms with Gasteiger partial charge in [0.25, 0.3) is 17.7 Å². The molecule has 4 amide bonds. The number of amides is 4. The van der Waals surface area contributed by atoms with E-state index in [0.717, 1.165) is 16.7 Å². The molecule has 6 N–H and O–H groups in total. The van der Waals surface area contributed by atoms with Gasteiger partial charge in [-0.2, -0.15) is 0 Å². The van der Waals surface area contributed by atoms with Crippen LogP contribution in [-0.2, 0) is 28.8 Å². The van der Waals surface area contributed by atoms with Crippen LogP contribution in [0.5, 0.6) is 0 Å². The van der Waals surface area contributed by atoms with Crippen LogP contribution in [0.15, 0.2) is 39.2 Å². The van der Waals surface area contributed by atoms with Crippen LogP contribution in [0.3, 0.4) is 0 Å². The third-order valence-corrected chi connectivity index (χ3v) is 7.22. The number of nitrogens with two attached hydrogens (primary N) is 1. The SMILES string of the molecule is NC(=O)OCC1=C(C(=O)O)N2C(=O)[C@@H](NC(=O)C(=NOC3(C(=O)NO)CCC3)c3ccco3)[C@H]2SC1. The molecule has 2 aliphatic heterocycles. The van der Waals surface area contributed by atoms with Crippen molar-refractivity contribution in [3.63, 3.8) is 0 Å². The fourth-order valence-corrected chi connectivity index (χ4v) is 5.19. The molecule has 1 aromatic heterocycles. The van der Waals surface area contributed by atoms with E-state index in [1.807, 2.05) is 0 Å². The lowest BCUT2D eigenvalue weighted by molar-refractivity contribution is -0.169. The van der Waals surface area contributed by atoms with E-state index >= 15 is 0 Å². The maximum absolute atomic E-state index is 13.1. The van der Waals surface area contributed by atoms with Gasteiger partial charge in [-0.15, -0.1) is 11.8 Å². The van der Waals surface area contributed by atoms with Crippen LogP contribution < -0.4 is 16.5 Å². The lowest BCUT2D eigenvalue weighted by Crippen LogP contribution is -2.71. The Balaban J connectivity index is 1.52. The van der Waals surface area contributed by atoms with Crippen molar-refractivity contribution in [3.05, 3.63) is 35.4 Å². The highest BCUT2D eigenvalue weighted by atomic mass is 32.2. The molecule has 4 rings (SSSR count). The number of primary amides is 1. The Bertz CT molecular complexity index is 1160. The number of nitrogens with one attached hydrogen (secondary N) is 2. The largest absolute Gasteiger partial charge is 0.477 e. The van der Waals surface area contributed by atoms with Crippen LogP contribution in [0.4, 0.5) is 4.79 Å². The summed E-state index contributed by atoms with van der Waals surface area (Å²) in [7, 11) is 0. The maximum atomic E-state index is 13.1. The topological polar surface area (TPSA) is 223 Å². The Kier molecular flexibility index (Phi) is 6.89. The lowest BCUT2D eigenvalue weighted by atomic mass is 9.79. The van der Waals surface area contributed by atoms with Crippen molar-refractivity contribution < 1.29 is 48.3 Å². The first-order valence-electron chi connectivity index (χ1n) is 10.6. The van der Waals surface area contributed by atoms with Crippen LogP contribution in [0.25, 0.3) is 0 Å². The first-order chi connectivity index (χ1) is 17.2. The average Bonchev–Trinajstić information content (AvgIpc) is 3.35. The summed E-state index contributed by atoms with van der Waals surface area (Å²) in [6.45, 7) is -0.396. The predicted molar refractivity (Wildman–Crippen MR) is 118 cm³/mol. The van der Waals surface area contributed by atoms with Gasteiger partial charge >= 0.3 is 12.1 Å². The molecule has 1 saturated carbocycles. The van der Waals surface area contributed by atoms with Gasteiger partial charge in [0.2, 0.25) is 11.3 Å². The van der Waals surface area contributed by atoms with Crippen LogP contribution in [0.2, 0.25) is 0 Å². The highest BCUT2D eigenvalue weighted by Crippen LogP contribution is 2.40. The minimum absolute atomic E-state index is 0.0108. The number of carboxylic acids is 1. The van der Waals surface area contributed by atoms with Crippen LogP contribution in [0, 0.1) is 0 Å². The molecule has 1 aliphatic carbocycles. The molecule has 0 spiro atoms. The van der Waals surface area contributed by atoms with Gasteiger partial charge in [-0.3, -0.25) is 24.5 Å². The second kappa shape index (κ2) is 9.90. The zero-order chi connectivity index (χ0) is 26.0. The van der Waals surface area contributed by atoms with Crippen LogP contribution >= 0.6 is 11.8 Å². The van der Waals surface area contributed by atoms with Crippen molar-refractivity contribution in [1.29, 1.82) is 0 Å². The number of carbonyl (C=O) groups is 5. The summed E-state index contributed by atoms with van der Waals surface area (Å²) >= 11 is 1.16. The molecule has 15 nitrogen and oxygen atoms in total.